The summed E-state index contributed by atoms with van der Waals surface area (Å²) < 4.78 is 0. The van der Waals surface area contributed by atoms with Crippen LogP contribution in [0.4, 0.5) is 5.69 Å². The Morgan fingerprint density at radius 3 is 2.26 bits per heavy atom. The second-order valence-electron chi connectivity index (χ2n) is 6.29. The minimum atomic E-state index is -1.08. The summed E-state index contributed by atoms with van der Waals surface area (Å²) in [6, 6.07) is 16.7. The Morgan fingerprint density at radius 1 is 1.00 bits per heavy atom. The van der Waals surface area contributed by atoms with Gasteiger partial charge in [0, 0.05) is 5.69 Å². The van der Waals surface area contributed by atoms with Crippen molar-refractivity contribution >= 4 is 23.5 Å². The number of hydrogen-bond acceptors (Lipinski definition) is 3. The van der Waals surface area contributed by atoms with Gasteiger partial charge >= 0.3 is 5.97 Å². The van der Waals surface area contributed by atoms with Crippen LogP contribution in [0.5, 0.6) is 0 Å². The molecule has 27 heavy (non-hydrogen) atoms. The van der Waals surface area contributed by atoms with Crippen molar-refractivity contribution in [3.63, 3.8) is 0 Å². The largest absolute Gasteiger partial charge is 0.480 e. The topological polar surface area (TPSA) is 95.5 Å². The van der Waals surface area contributed by atoms with E-state index in [2.05, 4.69) is 10.6 Å². The van der Waals surface area contributed by atoms with Gasteiger partial charge in [-0.3, -0.25) is 14.4 Å². The minimum Gasteiger partial charge on any atom is -0.480 e. The highest BCUT2D eigenvalue weighted by Gasteiger charge is 2.19. The van der Waals surface area contributed by atoms with Gasteiger partial charge in [0.05, 0.1) is 12.3 Å². The van der Waals surface area contributed by atoms with Crippen molar-refractivity contribution in [3.8, 4) is 0 Å². The van der Waals surface area contributed by atoms with E-state index in [-0.39, 0.29) is 24.2 Å². The first-order valence-corrected chi connectivity index (χ1v) is 8.92. The Balaban J connectivity index is 1.97. The molecule has 0 saturated carbocycles. The second-order valence-corrected chi connectivity index (χ2v) is 6.29. The van der Waals surface area contributed by atoms with Crippen LogP contribution in [-0.2, 0) is 20.8 Å². The van der Waals surface area contributed by atoms with Crippen molar-refractivity contribution in [2.75, 3.05) is 11.9 Å². The van der Waals surface area contributed by atoms with E-state index in [1.54, 1.807) is 24.3 Å². The number of benzene rings is 2. The Labute approximate surface area is 158 Å². The SMILES string of the molecule is CCCC(C(=O)Nc1ccc(CC(=O)NCC(=O)O)cc1)c1ccccc1. The predicted molar refractivity (Wildman–Crippen MR) is 104 cm³/mol. The van der Waals surface area contributed by atoms with Crippen LogP contribution in [0.15, 0.2) is 54.6 Å². The summed E-state index contributed by atoms with van der Waals surface area (Å²) in [6.45, 7) is 1.65. The molecule has 2 aromatic carbocycles. The lowest BCUT2D eigenvalue weighted by Gasteiger charge is -2.16. The molecule has 0 fully saturated rings. The number of aliphatic carboxylic acids is 1. The first kappa shape index (κ1) is 20.2. The van der Waals surface area contributed by atoms with E-state index < -0.39 is 12.5 Å². The fraction of sp³-hybridized carbons (Fsp3) is 0.286. The zero-order valence-corrected chi connectivity index (χ0v) is 15.3. The smallest absolute Gasteiger partial charge is 0.322 e. The molecular formula is C21H24N2O4. The van der Waals surface area contributed by atoms with Gasteiger partial charge in [0.2, 0.25) is 11.8 Å². The predicted octanol–water partition coefficient (Wildman–Crippen LogP) is 2.95. The first-order chi connectivity index (χ1) is 13.0. The molecule has 0 bridgehead atoms. The number of rotatable bonds is 9. The van der Waals surface area contributed by atoms with Gasteiger partial charge < -0.3 is 15.7 Å². The molecule has 6 nitrogen and oxygen atoms in total. The monoisotopic (exact) mass is 368 g/mol. The number of carboxylic acids is 1. The zero-order chi connectivity index (χ0) is 19.6. The Bertz CT molecular complexity index is 773. The molecule has 1 unspecified atom stereocenters. The molecule has 2 amide bonds. The van der Waals surface area contributed by atoms with Gasteiger partial charge in [-0.05, 0) is 29.7 Å². The van der Waals surface area contributed by atoms with Crippen LogP contribution in [0.3, 0.4) is 0 Å². The van der Waals surface area contributed by atoms with Gasteiger partial charge in [-0.15, -0.1) is 0 Å². The van der Waals surface area contributed by atoms with Crippen molar-refractivity contribution < 1.29 is 19.5 Å². The number of carboxylic acid groups (broad SMARTS) is 1. The maximum absolute atomic E-state index is 12.7. The third kappa shape index (κ3) is 6.58. The molecular weight excluding hydrogens is 344 g/mol. The summed E-state index contributed by atoms with van der Waals surface area (Å²) >= 11 is 0. The molecule has 3 N–H and O–H groups in total. The minimum absolute atomic E-state index is 0.0602. The highest BCUT2D eigenvalue weighted by Crippen LogP contribution is 2.23. The van der Waals surface area contributed by atoms with Gasteiger partial charge in [0.25, 0.3) is 0 Å². The molecule has 0 aliphatic carbocycles. The van der Waals surface area contributed by atoms with Gasteiger partial charge in [0.1, 0.15) is 6.54 Å². The summed E-state index contributed by atoms with van der Waals surface area (Å²) in [5.41, 5.74) is 2.39. The lowest BCUT2D eigenvalue weighted by molar-refractivity contribution is -0.137. The van der Waals surface area contributed by atoms with Crippen molar-refractivity contribution in [3.05, 3.63) is 65.7 Å². The molecule has 142 valence electrons. The summed E-state index contributed by atoms with van der Waals surface area (Å²) in [4.78, 5) is 34.8. The highest BCUT2D eigenvalue weighted by atomic mass is 16.4. The van der Waals surface area contributed by atoms with Crippen molar-refractivity contribution in [1.82, 2.24) is 5.32 Å². The zero-order valence-electron chi connectivity index (χ0n) is 15.3. The fourth-order valence-corrected chi connectivity index (χ4v) is 2.78. The first-order valence-electron chi connectivity index (χ1n) is 8.92. The second kappa shape index (κ2) is 10.1. The third-order valence-corrected chi connectivity index (χ3v) is 4.12. The fourth-order valence-electron chi connectivity index (χ4n) is 2.78. The van der Waals surface area contributed by atoms with Crippen LogP contribution < -0.4 is 10.6 Å². The maximum Gasteiger partial charge on any atom is 0.322 e. The van der Waals surface area contributed by atoms with Crippen molar-refractivity contribution in [2.45, 2.75) is 32.1 Å². The van der Waals surface area contributed by atoms with Crippen LogP contribution in [0.2, 0.25) is 0 Å². The molecule has 0 aliphatic rings. The molecule has 0 saturated heterocycles. The van der Waals surface area contributed by atoms with E-state index in [0.29, 0.717) is 5.69 Å². The van der Waals surface area contributed by atoms with E-state index in [9.17, 15) is 14.4 Å². The quantitative estimate of drug-likeness (QED) is 0.634. The molecule has 6 heteroatoms. The summed E-state index contributed by atoms with van der Waals surface area (Å²) in [5, 5.41) is 13.8. The standard InChI is InChI=1S/C21H24N2O4/c1-2-6-18(16-7-4-3-5-8-16)21(27)23-17-11-9-15(10-12-17)13-19(24)22-14-20(25)26/h3-5,7-12,18H,2,6,13-14H2,1H3,(H,22,24)(H,23,27)(H,25,26). The van der Waals surface area contributed by atoms with Crippen LogP contribution in [0.25, 0.3) is 0 Å². The van der Waals surface area contributed by atoms with E-state index in [0.717, 1.165) is 24.0 Å². The van der Waals surface area contributed by atoms with Crippen LogP contribution in [0, 0.1) is 0 Å². The van der Waals surface area contributed by atoms with Gasteiger partial charge in [-0.2, -0.15) is 0 Å². The summed E-state index contributed by atoms with van der Waals surface area (Å²) in [5.74, 6) is -1.71. The molecule has 0 heterocycles. The molecule has 2 rings (SSSR count). The Hall–Kier alpha value is -3.15. The average molecular weight is 368 g/mol. The molecule has 0 aromatic heterocycles. The van der Waals surface area contributed by atoms with E-state index >= 15 is 0 Å². The normalized spacial score (nSPS) is 11.4. The molecule has 0 aliphatic heterocycles. The van der Waals surface area contributed by atoms with E-state index in [1.165, 1.54) is 0 Å². The number of hydrogen-bond donors (Lipinski definition) is 3. The Morgan fingerprint density at radius 2 is 1.67 bits per heavy atom. The van der Waals surface area contributed by atoms with E-state index in [1.807, 2.05) is 37.3 Å². The molecule has 2 aromatic rings. The molecule has 1 atom stereocenters. The maximum atomic E-state index is 12.7. The third-order valence-electron chi connectivity index (χ3n) is 4.12. The summed E-state index contributed by atoms with van der Waals surface area (Å²) in [6.07, 6.45) is 1.75. The number of anilines is 1. The van der Waals surface area contributed by atoms with Crippen molar-refractivity contribution in [2.24, 2.45) is 0 Å². The molecule has 0 spiro atoms. The lowest BCUT2D eigenvalue weighted by Crippen LogP contribution is -2.30. The number of carbonyl (C=O) groups is 3. The van der Waals surface area contributed by atoms with Gasteiger partial charge in [-0.1, -0.05) is 55.8 Å². The summed E-state index contributed by atoms with van der Waals surface area (Å²) in [7, 11) is 0. The van der Waals surface area contributed by atoms with E-state index in [4.69, 9.17) is 5.11 Å². The van der Waals surface area contributed by atoms with Gasteiger partial charge in [0.15, 0.2) is 0 Å². The van der Waals surface area contributed by atoms with Crippen molar-refractivity contribution in [1.29, 1.82) is 0 Å². The highest BCUT2D eigenvalue weighted by molar-refractivity contribution is 5.95. The number of amides is 2. The number of carbonyl (C=O) groups excluding carboxylic acids is 2. The van der Waals surface area contributed by atoms with Crippen LogP contribution in [0.1, 0.15) is 36.8 Å². The van der Waals surface area contributed by atoms with Gasteiger partial charge in [-0.25, -0.2) is 0 Å². The van der Waals surface area contributed by atoms with Crippen LogP contribution >= 0.6 is 0 Å². The lowest BCUT2D eigenvalue weighted by atomic mass is 9.93. The molecule has 0 radical (unpaired) electrons. The average Bonchev–Trinajstić information content (AvgIpc) is 2.66. The van der Waals surface area contributed by atoms with Crippen LogP contribution in [-0.4, -0.2) is 29.4 Å². The Kier molecular flexibility index (Phi) is 7.55. The number of nitrogens with one attached hydrogen (secondary N) is 2.